The molecule has 0 saturated carbocycles. The quantitative estimate of drug-likeness (QED) is 0.156. The van der Waals surface area contributed by atoms with E-state index in [0.29, 0.717) is 0 Å². The standard InChI is InChI=1S/C65H41N5/c1-3-17-44(18-4-1)64-52-41-63-56(40-51(52)50-23-9-12-26-57(50)69-64)65(53-24-10-7-21-48(53)49-22-8-11-25-54(49)65)55-37-45(33-34-62(55)70(63)47-19-5-2-6-20-47)42-29-31-43(32-30-42)46-38-60(58-27-13-15-35-66-58)68-61(39-46)59-28-14-16-36-67-59/h1-41H. The maximum Gasteiger partial charge on any atom is 0.0900 e. The van der Waals surface area contributed by atoms with Crippen molar-refractivity contribution in [3.63, 3.8) is 0 Å². The Bertz CT molecular complexity index is 3880. The van der Waals surface area contributed by atoms with Crippen LogP contribution in [0.5, 0.6) is 0 Å². The molecule has 5 heteroatoms. The predicted molar refractivity (Wildman–Crippen MR) is 285 cm³/mol. The Morgan fingerprint density at radius 1 is 0.314 bits per heavy atom. The first-order chi connectivity index (χ1) is 34.7. The van der Waals surface area contributed by atoms with Crippen LogP contribution in [-0.2, 0) is 5.41 Å². The van der Waals surface area contributed by atoms with E-state index in [1.165, 1.54) is 38.8 Å². The van der Waals surface area contributed by atoms with Gasteiger partial charge in [-0.05, 0) is 140 Å². The lowest BCUT2D eigenvalue weighted by Crippen LogP contribution is -2.36. The van der Waals surface area contributed by atoms with Gasteiger partial charge in [0, 0.05) is 34.4 Å². The van der Waals surface area contributed by atoms with Crippen LogP contribution in [0.4, 0.5) is 17.1 Å². The van der Waals surface area contributed by atoms with Crippen molar-refractivity contribution in [3.8, 4) is 67.4 Å². The summed E-state index contributed by atoms with van der Waals surface area (Å²) in [6.45, 7) is 0. The lowest BCUT2D eigenvalue weighted by atomic mass is 9.64. The molecule has 2 aliphatic rings. The molecule has 14 rings (SSSR count). The number of para-hydroxylation sites is 2. The molecule has 4 aromatic heterocycles. The summed E-state index contributed by atoms with van der Waals surface area (Å²) >= 11 is 0. The van der Waals surface area contributed by atoms with Crippen LogP contribution in [0.2, 0.25) is 0 Å². The Morgan fingerprint density at radius 3 is 1.53 bits per heavy atom. The molecule has 0 atom stereocenters. The van der Waals surface area contributed by atoms with Crippen LogP contribution in [0.25, 0.3) is 89.1 Å². The lowest BCUT2D eigenvalue weighted by Gasteiger charge is -2.45. The monoisotopic (exact) mass is 891 g/mol. The van der Waals surface area contributed by atoms with Crippen LogP contribution < -0.4 is 4.90 Å². The minimum atomic E-state index is -0.661. The van der Waals surface area contributed by atoms with Gasteiger partial charge < -0.3 is 4.90 Å². The van der Waals surface area contributed by atoms with Crippen molar-refractivity contribution in [3.05, 3.63) is 271 Å². The highest BCUT2D eigenvalue weighted by atomic mass is 15.2. The second-order valence-corrected chi connectivity index (χ2v) is 18.1. The zero-order chi connectivity index (χ0) is 46.2. The van der Waals surface area contributed by atoms with E-state index in [1.54, 1.807) is 0 Å². The van der Waals surface area contributed by atoms with Crippen molar-refractivity contribution >= 4 is 38.7 Å². The van der Waals surface area contributed by atoms with Crippen LogP contribution >= 0.6 is 0 Å². The molecule has 8 aromatic carbocycles. The Hall–Kier alpha value is -9.32. The third kappa shape index (κ3) is 6.11. The SMILES string of the molecule is c1ccc(-c2nc3ccccc3c3cc4c(cc23)N(c2ccccc2)c2ccc(-c3ccc(-c5cc(-c6ccccn6)nc(-c6ccccn6)c5)cc3)cc2C42c3ccccc3-c3ccccc32)cc1. The number of hydrogen-bond acceptors (Lipinski definition) is 5. The van der Waals surface area contributed by atoms with E-state index in [-0.39, 0.29) is 0 Å². The lowest BCUT2D eigenvalue weighted by molar-refractivity contribution is 0.754. The molecule has 0 amide bonds. The van der Waals surface area contributed by atoms with Crippen molar-refractivity contribution < 1.29 is 0 Å². The van der Waals surface area contributed by atoms with Crippen LogP contribution in [0.15, 0.2) is 249 Å². The Balaban J connectivity index is 1.01. The molecule has 0 radical (unpaired) electrons. The Labute approximate surface area is 405 Å². The molecule has 70 heavy (non-hydrogen) atoms. The summed E-state index contributed by atoms with van der Waals surface area (Å²) in [7, 11) is 0. The average molecular weight is 892 g/mol. The molecule has 12 aromatic rings. The highest BCUT2D eigenvalue weighted by Crippen LogP contribution is 2.64. The smallest absolute Gasteiger partial charge is 0.0900 e. The highest BCUT2D eigenvalue weighted by Gasteiger charge is 2.52. The zero-order valence-electron chi connectivity index (χ0n) is 37.9. The van der Waals surface area contributed by atoms with Gasteiger partial charge in [-0.15, -0.1) is 0 Å². The fourth-order valence-corrected chi connectivity index (χ4v) is 11.3. The molecule has 1 spiro atoms. The van der Waals surface area contributed by atoms with E-state index in [2.05, 4.69) is 215 Å². The van der Waals surface area contributed by atoms with Crippen molar-refractivity contribution in [1.29, 1.82) is 0 Å². The minimum absolute atomic E-state index is 0.661. The minimum Gasteiger partial charge on any atom is -0.310 e. The molecule has 326 valence electrons. The number of fused-ring (bicyclic) bond motifs is 12. The van der Waals surface area contributed by atoms with Crippen LogP contribution in [-0.4, -0.2) is 19.9 Å². The number of rotatable bonds is 6. The largest absolute Gasteiger partial charge is 0.310 e. The summed E-state index contributed by atoms with van der Waals surface area (Å²) in [5.41, 5.74) is 21.0. The van der Waals surface area contributed by atoms with Gasteiger partial charge in [0.25, 0.3) is 0 Å². The van der Waals surface area contributed by atoms with E-state index in [9.17, 15) is 0 Å². The molecule has 5 nitrogen and oxygen atoms in total. The second-order valence-electron chi connectivity index (χ2n) is 18.1. The van der Waals surface area contributed by atoms with Crippen molar-refractivity contribution in [2.45, 2.75) is 5.41 Å². The topological polar surface area (TPSA) is 54.8 Å². The van der Waals surface area contributed by atoms with Gasteiger partial charge in [0.05, 0.1) is 50.8 Å². The first-order valence-electron chi connectivity index (χ1n) is 23.8. The van der Waals surface area contributed by atoms with Crippen LogP contribution in [0, 0.1) is 0 Å². The van der Waals surface area contributed by atoms with Gasteiger partial charge in [-0.1, -0.05) is 158 Å². The summed E-state index contributed by atoms with van der Waals surface area (Å²) in [6, 6.07) is 85.3. The van der Waals surface area contributed by atoms with Gasteiger partial charge in [0.15, 0.2) is 0 Å². The molecule has 0 fully saturated rings. The third-order valence-electron chi connectivity index (χ3n) is 14.3. The number of hydrogen-bond donors (Lipinski definition) is 0. The molecule has 0 bridgehead atoms. The van der Waals surface area contributed by atoms with Gasteiger partial charge in [-0.25, -0.2) is 9.97 Å². The number of anilines is 3. The maximum absolute atomic E-state index is 5.41. The van der Waals surface area contributed by atoms with E-state index in [0.717, 1.165) is 89.6 Å². The van der Waals surface area contributed by atoms with E-state index < -0.39 is 5.41 Å². The van der Waals surface area contributed by atoms with Gasteiger partial charge in [0.2, 0.25) is 0 Å². The van der Waals surface area contributed by atoms with Crippen LogP contribution in [0.1, 0.15) is 22.3 Å². The van der Waals surface area contributed by atoms with E-state index in [4.69, 9.17) is 9.97 Å². The van der Waals surface area contributed by atoms with Crippen molar-refractivity contribution in [1.82, 2.24) is 19.9 Å². The summed E-state index contributed by atoms with van der Waals surface area (Å²) in [5.74, 6) is 0. The number of pyridine rings is 4. The molecular weight excluding hydrogens is 851 g/mol. The van der Waals surface area contributed by atoms with Gasteiger partial charge in [-0.3, -0.25) is 9.97 Å². The average Bonchev–Trinajstić information content (AvgIpc) is 3.74. The number of nitrogens with zero attached hydrogens (tertiary/aromatic N) is 5. The third-order valence-corrected chi connectivity index (χ3v) is 14.3. The fourth-order valence-electron chi connectivity index (χ4n) is 11.3. The number of aromatic nitrogens is 4. The second kappa shape index (κ2) is 15.9. The van der Waals surface area contributed by atoms with Crippen molar-refractivity contribution in [2.24, 2.45) is 0 Å². The summed E-state index contributed by atoms with van der Waals surface area (Å²) in [4.78, 5) is 22.2. The zero-order valence-corrected chi connectivity index (χ0v) is 37.9. The molecule has 0 saturated heterocycles. The van der Waals surface area contributed by atoms with Gasteiger partial charge in [0.1, 0.15) is 0 Å². The van der Waals surface area contributed by atoms with Crippen molar-refractivity contribution in [2.75, 3.05) is 4.90 Å². The van der Waals surface area contributed by atoms with E-state index in [1.807, 2.05) is 48.8 Å². The van der Waals surface area contributed by atoms with Gasteiger partial charge in [-0.2, -0.15) is 0 Å². The van der Waals surface area contributed by atoms with Crippen LogP contribution in [0.3, 0.4) is 0 Å². The molecular formula is C65H41N5. The maximum atomic E-state index is 5.41. The first kappa shape index (κ1) is 39.8. The summed E-state index contributed by atoms with van der Waals surface area (Å²) < 4.78 is 0. The Morgan fingerprint density at radius 2 is 0.871 bits per heavy atom. The fraction of sp³-hybridized carbons (Fsp3) is 0.0154. The number of benzene rings is 8. The first-order valence-corrected chi connectivity index (χ1v) is 23.8. The highest BCUT2D eigenvalue weighted by molar-refractivity contribution is 6.14. The molecule has 1 aliphatic carbocycles. The molecule has 0 N–H and O–H groups in total. The Kier molecular flexibility index (Phi) is 9.04. The normalized spacial score (nSPS) is 12.9. The van der Waals surface area contributed by atoms with Gasteiger partial charge >= 0.3 is 0 Å². The molecule has 0 unspecified atom stereocenters. The summed E-state index contributed by atoms with van der Waals surface area (Å²) in [6.07, 6.45) is 3.62. The summed E-state index contributed by atoms with van der Waals surface area (Å²) in [5, 5.41) is 3.43. The molecule has 5 heterocycles. The van der Waals surface area contributed by atoms with E-state index >= 15 is 0 Å². The molecule has 1 aliphatic heterocycles. The predicted octanol–water partition coefficient (Wildman–Crippen LogP) is 16.1.